The van der Waals surface area contributed by atoms with E-state index >= 15 is 0 Å². The molecule has 0 spiro atoms. The van der Waals surface area contributed by atoms with Gasteiger partial charge in [0.15, 0.2) is 5.65 Å². The Balaban J connectivity index is 2.50. The van der Waals surface area contributed by atoms with Crippen LogP contribution in [0.2, 0.25) is 0 Å². The van der Waals surface area contributed by atoms with Crippen molar-refractivity contribution in [2.45, 2.75) is 33.2 Å². The van der Waals surface area contributed by atoms with E-state index in [9.17, 15) is 4.79 Å². The number of carbonyl (C=O) groups is 1. The van der Waals surface area contributed by atoms with E-state index in [-0.39, 0.29) is 12.5 Å². The first-order valence-electron chi connectivity index (χ1n) is 6.74. The van der Waals surface area contributed by atoms with Gasteiger partial charge in [0.2, 0.25) is 0 Å². The number of fused-ring (bicyclic) bond motifs is 1. The standard InChI is InChI=1S/C13H19ClN4O2/c1-4-9-12-13(17(3)16-9)18(8-11(19)20-5-2)10(15-12)6-7-14/h4-8H2,1-3H3. The number of imidazole rings is 1. The molecule has 0 atom stereocenters. The largest absolute Gasteiger partial charge is 0.465 e. The van der Waals surface area contributed by atoms with Crippen molar-refractivity contribution in [2.75, 3.05) is 12.5 Å². The van der Waals surface area contributed by atoms with Gasteiger partial charge in [-0.25, -0.2) is 4.98 Å². The number of esters is 1. The molecule has 7 heteroatoms. The molecule has 0 bridgehead atoms. The van der Waals surface area contributed by atoms with Gasteiger partial charge in [0.05, 0.1) is 12.3 Å². The minimum absolute atomic E-state index is 0.138. The summed E-state index contributed by atoms with van der Waals surface area (Å²) in [6.45, 7) is 4.33. The Labute approximate surface area is 122 Å². The Morgan fingerprint density at radius 3 is 2.75 bits per heavy atom. The average molecular weight is 299 g/mol. The molecule has 0 radical (unpaired) electrons. The molecule has 0 amide bonds. The number of carbonyl (C=O) groups excluding carboxylic acids is 1. The fourth-order valence-corrected chi connectivity index (χ4v) is 2.47. The van der Waals surface area contributed by atoms with Crippen LogP contribution in [0.5, 0.6) is 0 Å². The number of halogens is 1. The number of rotatable bonds is 6. The van der Waals surface area contributed by atoms with Crippen LogP contribution in [0.4, 0.5) is 0 Å². The number of ether oxygens (including phenoxy) is 1. The molecule has 2 aromatic rings. The van der Waals surface area contributed by atoms with Gasteiger partial charge >= 0.3 is 5.97 Å². The topological polar surface area (TPSA) is 61.9 Å². The zero-order chi connectivity index (χ0) is 14.7. The molecule has 0 aromatic carbocycles. The minimum atomic E-state index is -0.276. The Kier molecular flexibility index (Phi) is 4.65. The molecule has 0 aliphatic heterocycles. The summed E-state index contributed by atoms with van der Waals surface area (Å²) < 4.78 is 8.63. The van der Waals surface area contributed by atoms with Crippen LogP contribution < -0.4 is 0 Å². The van der Waals surface area contributed by atoms with Gasteiger partial charge in [0.25, 0.3) is 0 Å². The molecule has 0 saturated carbocycles. The van der Waals surface area contributed by atoms with Gasteiger partial charge in [0, 0.05) is 19.3 Å². The molecule has 0 aliphatic carbocycles. The highest BCUT2D eigenvalue weighted by Gasteiger charge is 2.20. The molecule has 2 aromatic heterocycles. The highest BCUT2D eigenvalue weighted by Crippen LogP contribution is 2.20. The smallest absolute Gasteiger partial charge is 0.326 e. The molecule has 0 unspecified atom stereocenters. The Bertz CT molecular complexity index is 617. The average Bonchev–Trinajstić information content (AvgIpc) is 2.90. The summed E-state index contributed by atoms with van der Waals surface area (Å²) in [4.78, 5) is 16.4. The van der Waals surface area contributed by atoms with Crippen molar-refractivity contribution < 1.29 is 9.53 Å². The normalized spacial score (nSPS) is 11.2. The monoisotopic (exact) mass is 298 g/mol. The van der Waals surface area contributed by atoms with Crippen molar-refractivity contribution in [1.29, 1.82) is 0 Å². The van der Waals surface area contributed by atoms with Gasteiger partial charge in [-0.1, -0.05) is 6.92 Å². The van der Waals surface area contributed by atoms with Gasteiger partial charge in [-0.05, 0) is 13.3 Å². The SMILES string of the molecule is CCOC(=O)Cn1c(CCCl)nc2c(CC)nn(C)c21. The van der Waals surface area contributed by atoms with E-state index in [0.717, 1.165) is 29.1 Å². The summed E-state index contributed by atoms with van der Waals surface area (Å²) in [5, 5.41) is 4.43. The van der Waals surface area contributed by atoms with Crippen molar-refractivity contribution in [2.24, 2.45) is 7.05 Å². The summed E-state index contributed by atoms with van der Waals surface area (Å²) in [7, 11) is 1.86. The molecule has 2 rings (SSSR count). The van der Waals surface area contributed by atoms with E-state index in [1.807, 2.05) is 18.5 Å². The Morgan fingerprint density at radius 2 is 2.15 bits per heavy atom. The van der Waals surface area contributed by atoms with Gasteiger partial charge in [0.1, 0.15) is 17.9 Å². The van der Waals surface area contributed by atoms with Crippen molar-refractivity contribution >= 4 is 28.7 Å². The molecule has 6 nitrogen and oxygen atoms in total. The second-order valence-corrected chi connectivity index (χ2v) is 4.83. The van der Waals surface area contributed by atoms with Gasteiger partial charge in [-0.15, -0.1) is 11.6 Å². The molecule has 0 saturated heterocycles. The summed E-state index contributed by atoms with van der Waals surface area (Å²) in [5.41, 5.74) is 2.62. The maximum atomic E-state index is 11.8. The van der Waals surface area contributed by atoms with Gasteiger partial charge in [-0.3, -0.25) is 9.48 Å². The molecule has 2 heterocycles. The molecule has 110 valence electrons. The third kappa shape index (κ3) is 2.65. The fourth-order valence-electron chi connectivity index (χ4n) is 2.30. The first kappa shape index (κ1) is 14.8. The van der Waals surface area contributed by atoms with E-state index in [1.165, 1.54) is 0 Å². The van der Waals surface area contributed by atoms with Crippen LogP contribution in [0.15, 0.2) is 0 Å². The first-order valence-corrected chi connectivity index (χ1v) is 7.28. The maximum Gasteiger partial charge on any atom is 0.326 e. The van der Waals surface area contributed by atoms with Gasteiger partial charge < -0.3 is 9.30 Å². The lowest BCUT2D eigenvalue weighted by Gasteiger charge is -2.08. The summed E-state index contributed by atoms with van der Waals surface area (Å²) >= 11 is 5.82. The van der Waals surface area contributed by atoms with Crippen molar-refractivity contribution in [1.82, 2.24) is 19.3 Å². The quantitative estimate of drug-likeness (QED) is 0.601. The predicted octanol–water partition coefficient (Wildman–Crippen LogP) is 1.68. The number of alkyl halides is 1. The Hall–Kier alpha value is -1.56. The molecule has 0 fully saturated rings. The van der Waals surface area contributed by atoms with Crippen LogP contribution in [0.25, 0.3) is 11.2 Å². The van der Waals surface area contributed by atoms with Crippen LogP contribution in [-0.2, 0) is 36.0 Å². The predicted molar refractivity (Wildman–Crippen MR) is 76.9 cm³/mol. The lowest BCUT2D eigenvalue weighted by atomic mass is 10.3. The third-order valence-electron chi connectivity index (χ3n) is 3.12. The number of aromatic nitrogens is 4. The van der Waals surface area contributed by atoms with Crippen molar-refractivity contribution in [3.8, 4) is 0 Å². The first-order chi connectivity index (χ1) is 9.62. The van der Waals surface area contributed by atoms with Gasteiger partial charge in [-0.2, -0.15) is 5.10 Å². The third-order valence-corrected chi connectivity index (χ3v) is 3.30. The van der Waals surface area contributed by atoms with E-state index in [2.05, 4.69) is 10.1 Å². The lowest BCUT2D eigenvalue weighted by Crippen LogP contribution is -2.17. The van der Waals surface area contributed by atoms with E-state index in [0.29, 0.717) is 18.9 Å². The fraction of sp³-hybridized carbons (Fsp3) is 0.615. The highest BCUT2D eigenvalue weighted by atomic mass is 35.5. The van der Waals surface area contributed by atoms with Crippen LogP contribution >= 0.6 is 11.6 Å². The van der Waals surface area contributed by atoms with Crippen LogP contribution in [0, 0.1) is 0 Å². The second-order valence-electron chi connectivity index (χ2n) is 4.45. The zero-order valence-electron chi connectivity index (χ0n) is 12.0. The maximum absolute atomic E-state index is 11.8. The number of hydrogen-bond donors (Lipinski definition) is 0. The van der Waals surface area contributed by atoms with Crippen molar-refractivity contribution in [3.05, 3.63) is 11.5 Å². The number of nitrogens with zero attached hydrogens (tertiary/aromatic N) is 4. The van der Waals surface area contributed by atoms with Crippen LogP contribution in [0.3, 0.4) is 0 Å². The molecular weight excluding hydrogens is 280 g/mol. The summed E-state index contributed by atoms with van der Waals surface area (Å²) in [5.74, 6) is 0.980. The minimum Gasteiger partial charge on any atom is -0.465 e. The molecular formula is C13H19ClN4O2. The Morgan fingerprint density at radius 1 is 1.40 bits per heavy atom. The highest BCUT2D eigenvalue weighted by molar-refractivity contribution is 6.17. The summed E-state index contributed by atoms with van der Waals surface area (Å²) in [6, 6.07) is 0. The number of aryl methyl sites for hydroxylation is 3. The van der Waals surface area contributed by atoms with Crippen molar-refractivity contribution in [3.63, 3.8) is 0 Å². The van der Waals surface area contributed by atoms with E-state index in [1.54, 1.807) is 11.6 Å². The zero-order valence-corrected chi connectivity index (χ0v) is 12.8. The number of hydrogen-bond acceptors (Lipinski definition) is 4. The van der Waals surface area contributed by atoms with Crippen LogP contribution in [-0.4, -0.2) is 37.8 Å². The molecule has 0 N–H and O–H groups in total. The van der Waals surface area contributed by atoms with Crippen LogP contribution in [0.1, 0.15) is 25.4 Å². The van der Waals surface area contributed by atoms with E-state index in [4.69, 9.17) is 16.3 Å². The molecule has 20 heavy (non-hydrogen) atoms. The summed E-state index contributed by atoms with van der Waals surface area (Å²) in [6.07, 6.45) is 1.41. The van der Waals surface area contributed by atoms with E-state index < -0.39 is 0 Å². The second kappa shape index (κ2) is 6.26. The molecule has 0 aliphatic rings. The lowest BCUT2D eigenvalue weighted by molar-refractivity contribution is -0.143.